The number of ether oxygens (including phenoxy) is 2. The predicted molar refractivity (Wildman–Crippen MR) is 81.4 cm³/mol. The highest BCUT2D eigenvalue weighted by atomic mass is 16.5. The number of aromatic nitrogens is 2. The van der Waals surface area contributed by atoms with Crippen LogP contribution in [-0.4, -0.2) is 47.8 Å². The van der Waals surface area contributed by atoms with Gasteiger partial charge in [0.05, 0.1) is 25.4 Å². The summed E-state index contributed by atoms with van der Waals surface area (Å²) in [5.74, 6) is 0.622. The molecular weight excluding hydrogens is 266 g/mol. The van der Waals surface area contributed by atoms with Crippen LogP contribution in [-0.2, 0) is 16.5 Å². The van der Waals surface area contributed by atoms with Crippen molar-refractivity contribution in [1.29, 1.82) is 0 Å². The normalized spacial score (nSPS) is 33.4. The van der Waals surface area contributed by atoms with E-state index in [0.29, 0.717) is 18.0 Å². The van der Waals surface area contributed by atoms with Gasteiger partial charge in [-0.05, 0) is 32.3 Å². The SMILES string of the molecule is CCO[C@@H]1COC[C@H]1NC1CCCC(c2ccnn2C)C1. The van der Waals surface area contributed by atoms with Crippen LogP contribution in [0.4, 0.5) is 0 Å². The van der Waals surface area contributed by atoms with Gasteiger partial charge in [-0.15, -0.1) is 0 Å². The van der Waals surface area contributed by atoms with Gasteiger partial charge in [0.15, 0.2) is 0 Å². The van der Waals surface area contributed by atoms with Gasteiger partial charge in [-0.25, -0.2) is 0 Å². The molecule has 1 aliphatic heterocycles. The zero-order chi connectivity index (χ0) is 14.7. The van der Waals surface area contributed by atoms with E-state index in [1.807, 2.05) is 17.9 Å². The maximum absolute atomic E-state index is 5.77. The first-order valence-corrected chi connectivity index (χ1v) is 8.21. The lowest BCUT2D eigenvalue weighted by Gasteiger charge is -2.33. The summed E-state index contributed by atoms with van der Waals surface area (Å²) in [4.78, 5) is 0. The fourth-order valence-corrected chi connectivity index (χ4v) is 3.77. The molecule has 3 rings (SSSR count). The van der Waals surface area contributed by atoms with E-state index in [1.54, 1.807) is 0 Å². The first-order valence-electron chi connectivity index (χ1n) is 8.21. The highest BCUT2D eigenvalue weighted by Gasteiger charge is 2.32. The summed E-state index contributed by atoms with van der Waals surface area (Å²) >= 11 is 0. The second-order valence-corrected chi connectivity index (χ2v) is 6.24. The maximum Gasteiger partial charge on any atom is 0.0983 e. The lowest BCUT2D eigenvalue weighted by Crippen LogP contribution is -2.47. The van der Waals surface area contributed by atoms with Gasteiger partial charge in [0, 0.05) is 37.5 Å². The smallest absolute Gasteiger partial charge is 0.0983 e. The number of hydrogen-bond donors (Lipinski definition) is 1. The third kappa shape index (κ3) is 3.47. The number of hydrogen-bond acceptors (Lipinski definition) is 4. The van der Waals surface area contributed by atoms with Gasteiger partial charge >= 0.3 is 0 Å². The Labute approximate surface area is 127 Å². The van der Waals surface area contributed by atoms with Gasteiger partial charge in [0.1, 0.15) is 0 Å². The van der Waals surface area contributed by atoms with E-state index in [1.165, 1.54) is 31.4 Å². The van der Waals surface area contributed by atoms with E-state index in [2.05, 4.69) is 23.4 Å². The summed E-state index contributed by atoms with van der Waals surface area (Å²) in [7, 11) is 2.04. The third-order valence-electron chi connectivity index (χ3n) is 4.81. The Kier molecular flexibility index (Phi) is 4.93. The number of nitrogens with one attached hydrogen (secondary N) is 1. The van der Waals surface area contributed by atoms with Gasteiger partial charge in [-0.1, -0.05) is 6.42 Å². The fraction of sp³-hybridized carbons (Fsp3) is 0.812. The molecule has 4 atom stereocenters. The Morgan fingerprint density at radius 2 is 2.33 bits per heavy atom. The van der Waals surface area contributed by atoms with Crippen molar-refractivity contribution in [3.05, 3.63) is 18.0 Å². The maximum atomic E-state index is 5.77. The molecule has 5 heteroatoms. The Morgan fingerprint density at radius 3 is 3.10 bits per heavy atom. The third-order valence-corrected chi connectivity index (χ3v) is 4.81. The molecule has 5 nitrogen and oxygen atoms in total. The van der Waals surface area contributed by atoms with Gasteiger partial charge in [-0.3, -0.25) is 4.68 Å². The highest BCUT2D eigenvalue weighted by Crippen LogP contribution is 2.33. The Balaban J connectivity index is 1.57. The molecule has 0 bridgehead atoms. The van der Waals surface area contributed by atoms with Crippen LogP contribution in [0.2, 0.25) is 0 Å². The van der Waals surface area contributed by atoms with E-state index < -0.39 is 0 Å². The van der Waals surface area contributed by atoms with Crippen LogP contribution in [0.25, 0.3) is 0 Å². The molecular formula is C16H27N3O2. The zero-order valence-electron chi connectivity index (χ0n) is 13.1. The van der Waals surface area contributed by atoms with Gasteiger partial charge < -0.3 is 14.8 Å². The average molecular weight is 293 g/mol. The molecule has 1 N–H and O–H groups in total. The Bertz CT molecular complexity index is 448. The molecule has 1 saturated carbocycles. The summed E-state index contributed by atoms with van der Waals surface area (Å²) in [6.45, 7) is 4.31. The number of aryl methyl sites for hydroxylation is 1. The van der Waals surface area contributed by atoms with Crippen molar-refractivity contribution >= 4 is 0 Å². The van der Waals surface area contributed by atoms with Crippen LogP contribution in [0.5, 0.6) is 0 Å². The predicted octanol–water partition coefficient (Wildman–Crippen LogP) is 1.84. The molecule has 0 aromatic carbocycles. The van der Waals surface area contributed by atoms with Gasteiger partial charge in [0.25, 0.3) is 0 Å². The second-order valence-electron chi connectivity index (χ2n) is 6.24. The fourth-order valence-electron chi connectivity index (χ4n) is 3.77. The number of rotatable bonds is 5. The van der Waals surface area contributed by atoms with Crippen molar-refractivity contribution in [3.8, 4) is 0 Å². The van der Waals surface area contributed by atoms with Gasteiger partial charge in [-0.2, -0.15) is 5.10 Å². The first-order chi connectivity index (χ1) is 10.3. The molecule has 2 heterocycles. The van der Waals surface area contributed by atoms with Crippen molar-refractivity contribution in [2.75, 3.05) is 19.8 Å². The minimum atomic E-state index is 0.215. The van der Waals surface area contributed by atoms with Crippen molar-refractivity contribution in [2.24, 2.45) is 7.05 Å². The molecule has 1 saturated heterocycles. The zero-order valence-corrected chi connectivity index (χ0v) is 13.1. The highest BCUT2D eigenvalue weighted by molar-refractivity contribution is 5.09. The summed E-state index contributed by atoms with van der Waals surface area (Å²) in [6, 6.07) is 3.07. The topological polar surface area (TPSA) is 48.3 Å². The molecule has 2 unspecified atom stereocenters. The Morgan fingerprint density at radius 1 is 1.43 bits per heavy atom. The van der Waals surface area contributed by atoms with Crippen LogP contribution in [0.3, 0.4) is 0 Å². The molecule has 2 aliphatic rings. The monoisotopic (exact) mass is 293 g/mol. The van der Waals surface area contributed by atoms with Crippen LogP contribution < -0.4 is 5.32 Å². The molecule has 0 spiro atoms. The quantitative estimate of drug-likeness (QED) is 0.900. The average Bonchev–Trinajstić information content (AvgIpc) is 3.09. The molecule has 0 radical (unpaired) electrons. The summed E-state index contributed by atoms with van der Waals surface area (Å²) in [6.07, 6.45) is 7.11. The van der Waals surface area contributed by atoms with E-state index in [9.17, 15) is 0 Å². The van der Waals surface area contributed by atoms with Crippen LogP contribution in [0.1, 0.15) is 44.2 Å². The molecule has 0 amide bonds. The van der Waals surface area contributed by atoms with Gasteiger partial charge in [0.2, 0.25) is 0 Å². The summed E-state index contributed by atoms with van der Waals surface area (Å²) in [5, 5.41) is 8.10. The molecule has 1 aromatic heterocycles. The second kappa shape index (κ2) is 6.90. The number of nitrogens with zero attached hydrogens (tertiary/aromatic N) is 2. The Hall–Kier alpha value is -0.910. The summed E-state index contributed by atoms with van der Waals surface area (Å²) in [5.41, 5.74) is 1.37. The van der Waals surface area contributed by atoms with E-state index in [0.717, 1.165) is 19.8 Å². The molecule has 1 aromatic rings. The molecule has 118 valence electrons. The van der Waals surface area contributed by atoms with Crippen LogP contribution in [0, 0.1) is 0 Å². The van der Waals surface area contributed by atoms with Crippen molar-refractivity contribution in [3.63, 3.8) is 0 Å². The van der Waals surface area contributed by atoms with Crippen molar-refractivity contribution in [2.45, 2.75) is 56.7 Å². The largest absolute Gasteiger partial charge is 0.377 e. The summed E-state index contributed by atoms with van der Waals surface area (Å²) < 4.78 is 13.4. The van der Waals surface area contributed by atoms with Crippen molar-refractivity contribution in [1.82, 2.24) is 15.1 Å². The first kappa shape index (κ1) is 15.0. The van der Waals surface area contributed by atoms with Crippen molar-refractivity contribution < 1.29 is 9.47 Å². The molecule has 2 fully saturated rings. The molecule has 1 aliphatic carbocycles. The van der Waals surface area contributed by atoms with E-state index >= 15 is 0 Å². The van der Waals surface area contributed by atoms with Crippen LogP contribution in [0.15, 0.2) is 12.3 Å². The standard InChI is InChI=1S/C16H27N3O2/c1-3-21-16-11-20-10-14(16)18-13-6-4-5-12(9-13)15-7-8-17-19(15)2/h7-8,12-14,16,18H,3-6,9-11H2,1-2H3/t12?,13?,14-,16-/m1/s1. The lowest BCUT2D eigenvalue weighted by molar-refractivity contribution is 0.0387. The minimum Gasteiger partial charge on any atom is -0.377 e. The van der Waals surface area contributed by atoms with E-state index in [-0.39, 0.29) is 6.10 Å². The minimum absolute atomic E-state index is 0.215. The lowest BCUT2D eigenvalue weighted by atomic mass is 9.83. The molecule has 21 heavy (non-hydrogen) atoms. The van der Waals surface area contributed by atoms with E-state index in [4.69, 9.17) is 9.47 Å². The van der Waals surface area contributed by atoms with Crippen LogP contribution >= 0.6 is 0 Å².